The molecule has 0 fully saturated rings. The van der Waals surface area contributed by atoms with Gasteiger partial charge in [-0.1, -0.05) is 6.58 Å². The van der Waals surface area contributed by atoms with Gasteiger partial charge in [-0.2, -0.15) is 0 Å². The minimum Gasteiger partial charge on any atom is -0.490 e. The predicted molar refractivity (Wildman–Crippen MR) is 190 cm³/mol. The molecular formula is C37H52N2O15. The fraction of sp³-hybridized carbons (Fsp3) is 0.568. The van der Waals surface area contributed by atoms with Gasteiger partial charge in [-0.15, -0.1) is 0 Å². The summed E-state index contributed by atoms with van der Waals surface area (Å²) < 4.78 is 30.2. The molecule has 17 nitrogen and oxygen atoms in total. The highest BCUT2D eigenvalue weighted by Crippen LogP contribution is 2.17. The lowest BCUT2D eigenvalue weighted by molar-refractivity contribution is -0.149. The van der Waals surface area contributed by atoms with Crippen LogP contribution >= 0.6 is 0 Å². The van der Waals surface area contributed by atoms with Crippen molar-refractivity contribution in [2.45, 2.75) is 83.7 Å². The van der Waals surface area contributed by atoms with Gasteiger partial charge < -0.3 is 44.2 Å². The summed E-state index contributed by atoms with van der Waals surface area (Å²) in [7, 11) is 0. The van der Waals surface area contributed by atoms with Crippen LogP contribution in [0.3, 0.4) is 0 Å². The number of nitrogens with one attached hydrogen (secondary N) is 2. The van der Waals surface area contributed by atoms with E-state index in [4.69, 9.17) is 28.4 Å². The van der Waals surface area contributed by atoms with E-state index in [0.717, 1.165) is 6.08 Å². The van der Waals surface area contributed by atoms with E-state index < -0.39 is 59.9 Å². The maximum absolute atomic E-state index is 12.1. The number of carbonyl (C=O) groups is 8. The molecule has 0 spiro atoms. The van der Waals surface area contributed by atoms with Crippen molar-refractivity contribution in [3.8, 4) is 5.75 Å². The summed E-state index contributed by atoms with van der Waals surface area (Å²) in [5.74, 6) is -4.07. The first kappa shape index (κ1) is 46.7. The molecule has 300 valence electrons. The van der Waals surface area contributed by atoms with Gasteiger partial charge in [0.25, 0.3) is 0 Å². The number of Topliss-reactive ketones (excluding diaryl/α,β-unsaturated/α-hetero) is 1. The number of esters is 5. The first-order valence-corrected chi connectivity index (χ1v) is 17.7. The molecule has 0 aliphatic carbocycles. The lowest BCUT2D eigenvalue weighted by Crippen LogP contribution is -2.36. The summed E-state index contributed by atoms with van der Waals surface area (Å²) in [6, 6.07) is 6.10. The van der Waals surface area contributed by atoms with Gasteiger partial charge in [0.1, 0.15) is 50.6 Å². The van der Waals surface area contributed by atoms with E-state index in [2.05, 4.69) is 17.2 Å². The van der Waals surface area contributed by atoms with E-state index in [1.165, 1.54) is 26.0 Å². The van der Waals surface area contributed by atoms with Gasteiger partial charge in [-0.05, 0) is 76.6 Å². The molecule has 3 N–H and O–H groups in total. The predicted octanol–water partition coefficient (Wildman–Crippen LogP) is 2.05. The number of rotatable bonds is 29. The Labute approximate surface area is 314 Å². The monoisotopic (exact) mass is 764 g/mol. The number of ether oxygens (including phenoxy) is 6. The van der Waals surface area contributed by atoms with Gasteiger partial charge in [-0.25, -0.2) is 4.79 Å². The Bertz CT molecular complexity index is 1390. The Morgan fingerprint density at radius 3 is 1.56 bits per heavy atom. The first-order chi connectivity index (χ1) is 25.7. The van der Waals surface area contributed by atoms with Crippen LogP contribution in [-0.4, -0.2) is 111 Å². The highest BCUT2D eigenvalue weighted by Gasteiger charge is 2.25. The zero-order chi connectivity index (χ0) is 40.2. The van der Waals surface area contributed by atoms with Gasteiger partial charge >= 0.3 is 29.8 Å². The highest BCUT2D eigenvalue weighted by atomic mass is 16.6. The van der Waals surface area contributed by atoms with Gasteiger partial charge in [-0.3, -0.25) is 33.6 Å². The first-order valence-electron chi connectivity index (χ1n) is 17.7. The molecule has 17 heteroatoms. The lowest BCUT2D eigenvalue weighted by Gasteiger charge is -2.15. The number of ketones is 1. The topological polar surface area (TPSA) is 236 Å². The fourth-order valence-electron chi connectivity index (χ4n) is 4.23. The molecule has 0 saturated heterocycles. The van der Waals surface area contributed by atoms with Crippen LogP contribution in [0.15, 0.2) is 36.9 Å². The summed E-state index contributed by atoms with van der Waals surface area (Å²) in [6.45, 7) is 6.22. The van der Waals surface area contributed by atoms with Gasteiger partial charge in [0, 0.05) is 37.6 Å². The average Bonchev–Trinajstić information content (AvgIpc) is 3.12. The Balaban J connectivity index is 1.98. The van der Waals surface area contributed by atoms with E-state index in [9.17, 15) is 43.5 Å². The third-order valence-electron chi connectivity index (χ3n) is 7.00. The second-order valence-corrected chi connectivity index (χ2v) is 12.2. The summed E-state index contributed by atoms with van der Waals surface area (Å²) in [6.07, 6.45) is 3.85. The van der Waals surface area contributed by atoms with Crippen molar-refractivity contribution in [3.05, 3.63) is 42.5 Å². The largest absolute Gasteiger partial charge is 0.490 e. The molecule has 0 aromatic heterocycles. The Morgan fingerprint density at radius 2 is 1.06 bits per heavy atom. The summed E-state index contributed by atoms with van der Waals surface area (Å²) in [5.41, 5.74) is -1.18. The number of hydrogen-bond donors (Lipinski definition) is 3. The zero-order valence-corrected chi connectivity index (χ0v) is 31.0. The van der Waals surface area contributed by atoms with Gasteiger partial charge in [0.05, 0.1) is 13.2 Å². The molecule has 0 aliphatic rings. The van der Waals surface area contributed by atoms with Crippen molar-refractivity contribution in [1.82, 2.24) is 10.6 Å². The number of amides is 2. The molecule has 2 amide bonds. The van der Waals surface area contributed by atoms with E-state index in [1.807, 2.05) is 0 Å². The van der Waals surface area contributed by atoms with Crippen molar-refractivity contribution < 1.29 is 71.9 Å². The van der Waals surface area contributed by atoms with Crippen LogP contribution in [0.1, 0.15) is 88.4 Å². The summed E-state index contributed by atoms with van der Waals surface area (Å²) >= 11 is 0. The maximum Gasteiger partial charge on any atom is 0.330 e. The molecule has 0 radical (unpaired) electrons. The smallest absolute Gasteiger partial charge is 0.330 e. The Hall–Kier alpha value is -5.32. The summed E-state index contributed by atoms with van der Waals surface area (Å²) in [4.78, 5) is 94.0. The normalized spacial score (nSPS) is 10.6. The van der Waals surface area contributed by atoms with E-state index in [-0.39, 0.29) is 71.5 Å². The number of carbonyl (C=O) groups excluding carboxylic acids is 8. The Kier molecular flexibility index (Phi) is 23.6. The number of hydrogen-bond acceptors (Lipinski definition) is 15. The third-order valence-corrected chi connectivity index (χ3v) is 7.00. The molecule has 0 unspecified atom stereocenters. The van der Waals surface area contributed by atoms with Crippen molar-refractivity contribution >= 4 is 47.4 Å². The molecule has 1 aromatic carbocycles. The molecular weight excluding hydrogens is 712 g/mol. The number of aliphatic hydroxyl groups is 1. The summed E-state index contributed by atoms with van der Waals surface area (Å²) in [5, 5.41) is 14.7. The lowest BCUT2D eigenvalue weighted by atomic mass is 9.97. The van der Waals surface area contributed by atoms with Crippen LogP contribution in [0.4, 0.5) is 0 Å². The molecule has 0 saturated carbocycles. The molecule has 0 heterocycles. The van der Waals surface area contributed by atoms with Crippen LogP contribution in [0.5, 0.6) is 5.75 Å². The van der Waals surface area contributed by atoms with Crippen molar-refractivity contribution in [2.75, 3.05) is 52.7 Å². The quantitative estimate of drug-likeness (QED) is 0.0264. The van der Waals surface area contributed by atoms with Crippen LogP contribution < -0.4 is 15.4 Å². The van der Waals surface area contributed by atoms with Crippen LogP contribution in [0.2, 0.25) is 0 Å². The number of unbranched alkanes of at least 4 members (excludes halogenated alkanes) is 4. The molecule has 0 bridgehead atoms. The average molecular weight is 765 g/mol. The second kappa shape index (κ2) is 27.3. The highest BCUT2D eigenvalue weighted by molar-refractivity contribution is 6.01. The number of benzene rings is 1. The van der Waals surface area contributed by atoms with Crippen LogP contribution in [-0.2, 0) is 57.2 Å². The van der Waals surface area contributed by atoms with Gasteiger partial charge in [0.15, 0.2) is 5.78 Å². The van der Waals surface area contributed by atoms with E-state index >= 15 is 0 Å². The fourth-order valence-corrected chi connectivity index (χ4v) is 4.23. The maximum atomic E-state index is 12.1. The van der Waals surface area contributed by atoms with Crippen LogP contribution in [0.25, 0.3) is 0 Å². The molecule has 0 aliphatic heterocycles. The Morgan fingerprint density at radius 1 is 0.611 bits per heavy atom. The van der Waals surface area contributed by atoms with Crippen molar-refractivity contribution in [1.29, 1.82) is 0 Å². The van der Waals surface area contributed by atoms with Crippen molar-refractivity contribution in [2.24, 2.45) is 0 Å². The van der Waals surface area contributed by atoms with E-state index in [1.54, 1.807) is 12.1 Å². The molecule has 1 aromatic rings. The van der Waals surface area contributed by atoms with Crippen LogP contribution in [0, 0.1) is 0 Å². The third kappa shape index (κ3) is 24.0. The molecule has 54 heavy (non-hydrogen) atoms. The minimum absolute atomic E-state index is 0.00600. The van der Waals surface area contributed by atoms with E-state index in [0.29, 0.717) is 49.8 Å². The standard InChI is InChI=1S/C37H52N2O15/c1-4-31(42)52-23-24-53-33(44)12-8-5-9-19-50-32(43)11-7-6-10-20-51-34(45)25-29(40)38-17-18-39-30(41)26-35(46)54-22-21-49-28-15-13-27(14-16-28)36(47)37(2,3)48/h4,13-16,48H,1,5-12,17-26H2,2-3H3,(H,38,40)(H,39,41). The molecule has 0 atom stereocenters. The molecule has 1 rings (SSSR count). The second-order valence-electron chi connectivity index (χ2n) is 12.2. The minimum atomic E-state index is -1.50. The zero-order valence-electron chi connectivity index (χ0n) is 31.0. The van der Waals surface area contributed by atoms with Gasteiger partial charge in [0.2, 0.25) is 11.8 Å². The SMILES string of the molecule is C=CC(=O)OCCOC(=O)CCCCCOC(=O)CCCCCOC(=O)CC(=O)NCCNC(=O)CC(=O)OCCOc1ccc(C(=O)C(C)(C)O)cc1. The van der Waals surface area contributed by atoms with Crippen molar-refractivity contribution in [3.63, 3.8) is 0 Å².